The summed E-state index contributed by atoms with van der Waals surface area (Å²) in [6.45, 7) is 0. The van der Waals surface area contributed by atoms with E-state index < -0.39 is 0 Å². The molecule has 5 nitrogen and oxygen atoms in total. The Labute approximate surface area is 90.7 Å². The summed E-state index contributed by atoms with van der Waals surface area (Å²) < 4.78 is 5.38. The molecule has 0 fully saturated rings. The van der Waals surface area contributed by atoms with E-state index in [1.165, 1.54) is 37.6 Å². The standard InChI is InChI=1S/C11H9NO4/c1-16-10-4-5-12(15)9-6-7(13)2-3-8(9)11(10)14/h2-6,13H,1H3. The maximum atomic E-state index is 11.9. The van der Waals surface area contributed by atoms with Gasteiger partial charge in [0.25, 0.3) is 0 Å². The molecule has 0 bridgehead atoms. The van der Waals surface area contributed by atoms with Gasteiger partial charge in [0.2, 0.25) is 10.9 Å². The van der Waals surface area contributed by atoms with Gasteiger partial charge in [0.05, 0.1) is 18.6 Å². The Morgan fingerprint density at radius 2 is 2.12 bits per heavy atom. The fourth-order valence-electron chi connectivity index (χ4n) is 1.48. The number of nitrogens with zero attached hydrogens (tertiary/aromatic N) is 1. The normalized spacial score (nSPS) is 10.3. The molecule has 0 unspecified atom stereocenters. The zero-order chi connectivity index (χ0) is 11.7. The quantitative estimate of drug-likeness (QED) is 0.561. The van der Waals surface area contributed by atoms with Crippen LogP contribution in [0.15, 0.2) is 35.3 Å². The van der Waals surface area contributed by atoms with Gasteiger partial charge in [0.1, 0.15) is 5.75 Å². The molecule has 2 rings (SSSR count). The third-order valence-corrected chi connectivity index (χ3v) is 2.27. The van der Waals surface area contributed by atoms with Gasteiger partial charge < -0.3 is 15.1 Å². The molecular weight excluding hydrogens is 210 g/mol. The van der Waals surface area contributed by atoms with Crippen molar-refractivity contribution in [3.8, 4) is 11.5 Å². The van der Waals surface area contributed by atoms with Crippen LogP contribution in [-0.4, -0.2) is 12.2 Å². The average Bonchev–Trinajstić information content (AvgIpc) is 2.39. The van der Waals surface area contributed by atoms with Gasteiger partial charge in [0.15, 0.2) is 11.9 Å². The van der Waals surface area contributed by atoms with Gasteiger partial charge in [-0.1, -0.05) is 0 Å². The zero-order valence-corrected chi connectivity index (χ0v) is 8.51. The predicted molar refractivity (Wildman–Crippen MR) is 57.4 cm³/mol. The molecule has 0 aliphatic heterocycles. The fraction of sp³-hybridized carbons (Fsp3) is 0.0909. The van der Waals surface area contributed by atoms with E-state index in [1.807, 2.05) is 0 Å². The summed E-state index contributed by atoms with van der Waals surface area (Å²) in [6, 6.07) is 5.28. The first-order chi connectivity index (χ1) is 7.63. The van der Waals surface area contributed by atoms with Crippen molar-refractivity contribution in [2.45, 2.75) is 0 Å². The first kappa shape index (κ1) is 10.2. The summed E-state index contributed by atoms with van der Waals surface area (Å²) in [5.41, 5.74) is -0.277. The highest BCUT2D eigenvalue weighted by atomic mass is 16.5. The largest absolute Gasteiger partial charge is 0.618 e. The number of ether oxygens (including phenoxy) is 1. The maximum Gasteiger partial charge on any atom is 0.234 e. The number of methoxy groups -OCH3 is 1. The van der Waals surface area contributed by atoms with E-state index in [9.17, 15) is 15.1 Å². The Morgan fingerprint density at radius 3 is 2.81 bits per heavy atom. The first-order valence-electron chi connectivity index (χ1n) is 4.56. The van der Waals surface area contributed by atoms with Crippen LogP contribution in [0.2, 0.25) is 0 Å². The zero-order valence-electron chi connectivity index (χ0n) is 8.51. The second-order valence-corrected chi connectivity index (χ2v) is 3.24. The molecule has 1 N–H and O–H groups in total. The Morgan fingerprint density at radius 1 is 1.38 bits per heavy atom. The third-order valence-electron chi connectivity index (χ3n) is 2.27. The topological polar surface area (TPSA) is 73.5 Å². The van der Waals surface area contributed by atoms with Gasteiger partial charge in [-0.15, -0.1) is 0 Å². The Bertz CT molecular complexity index is 610. The highest BCUT2D eigenvalue weighted by Gasteiger charge is 2.10. The van der Waals surface area contributed by atoms with Gasteiger partial charge in [0, 0.05) is 6.07 Å². The van der Waals surface area contributed by atoms with Crippen molar-refractivity contribution in [2.24, 2.45) is 0 Å². The van der Waals surface area contributed by atoms with Crippen LogP contribution in [0.25, 0.3) is 10.9 Å². The Hall–Kier alpha value is -2.30. The Kier molecular flexibility index (Phi) is 2.36. The lowest BCUT2D eigenvalue weighted by Crippen LogP contribution is -2.24. The number of phenols is 1. The van der Waals surface area contributed by atoms with Crippen molar-refractivity contribution in [3.05, 3.63) is 45.9 Å². The van der Waals surface area contributed by atoms with Crippen LogP contribution in [0.5, 0.6) is 11.5 Å². The van der Waals surface area contributed by atoms with Crippen LogP contribution in [0.3, 0.4) is 0 Å². The second-order valence-electron chi connectivity index (χ2n) is 3.24. The second kappa shape index (κ2) is 3.69. The molecule has 0 aliphatic carbocycles. The monoisotopic (exact) mass is 219 g/mol. The van der Waals surface area contributed by atoms with E-state index in [-0.39, 0.29) is 27.8 Å². The minimum Gasteiger partial charge on any atom is -0.618 e. The summed E-state index contributed by atoms with van der Waals surface area (Å²) in [4.78, 5) is 11.9. The molecule has 1 aromatic heterocycles. The molecule has 1 aromatic carbocycles. The van der Waals surface area contributed by atoms with Crippen molar-refractivity contribution < 1.29 is 14.6 Å². The van der Waals surface area contributed by atoms with Crippen LogP contribution >= 0.6 is 0 Å². The van der Waals surface area contributed by atoms with Gasteiger partial charge >= 0.3 is 0 Å². The highest BCUT2D eigenvalue weighted by molar-refractivity contribution is 5.77. The lowest BCUT2D eigenvalue weighted by Gasteiger charge is -1.96. The molecular formula is C11H9NO4. The number of fused-ring (bicyclic) bond motifs is 1. The molecule has 0 radical (unpaired) electrons. The van der Waals surface area contributed by atoms with Crippen molar-refractivity contribution >= 4 is 10.9 Å². The molecule has 16 heavy (non-hydrogen) atoms. The molecule has 0 spiro atoms. The number of aromatic nitrogens is 1. The van der Waals surface area contributed by atoms with Crippen LogP contribution in [0.1, 0.15) is 0 Å². The summed E-state index contributed by atoms with van der Waals surface area (Å²) in [7, 11) is 1.36. The SMILES string of the molecule is COc1cc[n+]([O-])c2cc(O)ccc2c1=O. The minimum atomic E-state index is -0.382. The summed E-state index contributed by atoms with van der Waals surface area (Å²) in [5.74, 6) is 0.0203. The summed E-state index contributed by atoms with van der Waals surface area (Å²) in [6.07, 6.45) is 1.17. The third kappa shape index (κ3) is 1.52. The number of phenolic OH excluding ortho intramolecular Hbond substituents is 1. The molecule has 0 saturated carbocycles. The maximum absolute atomic E-state index is 11.9. The van der Waals surface area contributed by atoms with Gasteiger partial charge in [-0.25, -0.2) is 0 Å². The van der Waals surface area contributed by atoms with Crippen LogP contribution in [-0.2, 0) is 0 Å². The lowest BCUT2D eigenvalue weighted by molar-refractivity contribution is -0.576. The molecule has 82 valence electrons. The molecule has 0 atom stereocenters. The molecule has 0 amide bonds. The number of rotatable bonds is 1. The van der Waals surface area contributed by atoms with E-state index in [4.69, 9.17) is 4.74 Å². The molecule has 0 saturated heterocycles. The number of hydrogen-bond donors (Lipinski definition) is 1. The lowest BCUT2D eigenvalue weighted by atomic mass is 10.2. The van der Waals surface area contributed by atoms with Crippen LogP contribution in [0, 0.1) is 5.21 Å². The molecule has 5 heteroatoms. The van der Waals surface area contributed by atoms with E-state index in [1.54, 1.807) is 0 Å². The molecule has 1 heterocycles. The van der Waals surface area contributed by atoms with Crippen LogP contribution in [0.4, 0.5) is 0 Å². The minimum absolute atomic E-state index is 0.0679. The number of benzene rings is 1. The smallest absolute Gasteiger partial charge is 0.234 e. The van der Waals surface area contributed by atoms with Crippen molar-refractivity contribution in [1.29, 1.82) is 0 Å². The van der Waals surface area contributed by atoms with Gasteiger partial charge in [-0.2, -0.15) is 4.73 Å². The van der Waals surface area contributed by atoms with E-state index in [0.29, 0.717) is 4.73 Å². The van der Waals surface area contributed by atoms with Crippen molar-refractivity contribution in [1.82, 2.24) is 0 Å². The summed E-state index contributed by atoms with van der Waals surface area (Å²) in [5, 5.41) is 21.0. The predicted octanol–water partition coefficient (Wildman–Crippen LogP) is 0.548. The highest BCUT2D eigenvalue weighted by Crippen LogP contribution is 2.15. The van der Waals surface area contributed by atoms with E-state index >= 15 is 0 Å². The first-order valence-corrected chi connectivity index (χ1v) is 4.56. The van der Waals surface area contributed by atoms with Gasteiger partial charge in [-0.3, -0.25) is 4.79 Å². The number of hydrogen-bond acceptors (Lipinski definition) is 4. The average molecular weight is 219 g/mol. The molecule has 2 aromatic rings. The van der Waals surface area contributed by atoms with E-state index in [0.717, 1.165) is 0 Å². The van der Waals surface area contributed by atoms with Crippen molar-refractivity contribution in [3.63, 3.8) is 0 Å². The van der Waals surface area contributed by atoms with Crippen molar-refractivity contribution in [2.75, 3.05) is 7.11 Å². The number of aromatic hydroxyl groups is 1. The Balaban J connectivity index is 3.01. The van der Waals surface area contributed by atoms with E-state index in [2.05, 4.69) is 0 Å². The molecule has 0 aliphatic rings. The fourth-order valence-corrected chi connectivity index (χ4v) is 1.48. The summed E-state index contributed by atoms with van der Waals surface area (Å²) >= 11 is 0. The van der Waals surface area contributed by atoms with Gasteiger partial charge in [-0.05, 0) is 12.1 Å². The van der Waals surface area contributed by atoms with Crippen LogP contribution < -0.4 is 14.9 Å².